The second-order valence-corrected chi connectivity index (χ2v) is 5.68. The number of anilines is 1. The Bertz CT molecular complexity index is 548. The minimum Gasteiger partial charge on any atom is -0.465 e. The third kappa shape index (κ3) is 3.95. The number of carbonyl (C=O) groups is 2. The fourth-order valence-electron chi connectivity index (χ4n) is 2.51. The summed E-state index contributed by atoms with van der Waals surface area (Å²) in [5, 5.41) is 6.56. The Hall–Kier alpha value is -1.59. The van der Waals surface area contributed by atoms with Crippen molar-refractivity contribution in [1.29, 1.82) is 0 Å². The van der Waals surface area contributed by atoms with E-state index in [4.69, 9.17) is 16.3 Å². The zero-order valence-electron chi connectivity index (χ0n) is 12.1. The number of hydrogen-bond acceptors (Lipinski definition) is 4. The molecular weight excluding hydrogens is 292 g/mol. The predicted octanol–water partition coefficient (Wildman–Crippen LogP) is 2.45. The molecule has 1 amide bonds. The van der Waals surface area contributed by atoms with Crippen LogP contribution in [0.25, 0.3) is 0 Å². The summed E-state index contributed by atoms with van der Waals surface area (Å²) in [6, 6.07) is 5.02. The van der Waals surface area contributed by atoms with Crippen LogP contribution in [0.3, 0.4) is 0 Å². The molecule has 21 heavy (non-hydrogen) atoms. The van der Waals surface area contributed by atoms with Crippen LogP contribution in [0.1, 0.15) is 30.1 Å². The third-order valence-electron chi connectivity index (χ3n) is 3.64. The number of halogens is 1. The SMILES string of the molecule is COC(=O)c1ccc(Cl)cc1NC(=O)C1CCNC(C)C1. The van der Waals surface area contributed by atoms with Crippen molar-refractivity contribution in [2.24, 2.45) is 5.92 Å². The summed E-state index contributed by atoms with van der Waals surface area (Å²) in [5.41, 5.74) is 0.697. The van der Waals surface area contributed by atoms with Crippen LogP contribution in [0.4, 0.5) is 5.69 Å². The van der Waals surface area contributed by atoms with Gasteiger partial charge < -0.3 is 15.4 Å². The van der Waals surface area contributed by atoms with E-state index in [0.717, 1.165) is 19.4 Å². The maximum absolute atomic E-state index is 12.4. The molecule has 1 fully saturated rings. The van der Waals surface area contributed by atoms with E-state index in [9.17, 15) is 9.59 Å². The average Bonchev–Trinajstić information content (AvgIpc) is 2.46. The third-order valence-corrected chi connectivity index (χ3v) is 3.87. The molecule has 0 saturated carbocycles. The molecule has 2 rings (SSSR count). The quantitative estimate of drug-likeness (QED) is 0.842. The summed E-state index contributed by atoms with van der Waals surface area (Å²) in [5.74, 6) is -0.651. The van der Waals surface area contributed by atoms with E-state index in [1.54, 1.807) is 18.2 Å². The molecule has 0 aliphatic carbocycles. The summed E-state index contributed by atoms with van der Waals surface area (Å²) < 4.78 is 4.72. The van der Waals surface area contributed by atoms with Crippen molar-refractivity contribution >= 4 is 29.2 Å². The first kappa shape index (κ1) is 15.8. The number of amides is 1. The number of methoxy groups -OCH3 is 1. The minimum atomic E-state index is -0.499. The Balaban J connectivity index is 2.16. The van der Waals surface area contributed by atoms with E-state index in [0.29, 0.717) is 22.3 Å². The number of piperidine rings is 1. The number of ether oxygens (including phenoxy) is 1. The van der Waals surface area contributed by atoms with E-state index >= 15 is 0 Å². The molecule has 1 aliphatic heterocycles. The van der Waals surface area contributed by atoms with E-state index in [-0.39, 0.29) is 11.8 Å². The number of carbonyl (C=O) groups excluding carboxylic acids is 2. The zero-order chi connectivity index (χ0) is 15.4. The van der Waals surface area contributed by atoms with Gasteiger partial charge in [-0.05, 0) is 44.5 Å². The van der Waals surface area contributed by atoms with Crippen molar-refractivity contribution in [1.82, 2.24) is 5.32 Å². The molecule has 2 N–H and O–H groups in total. The Morgan fingerprint density at radius 1 is 1.43 bits per heavy atom. The smallest absolute Gasteiger partial charge is 0.339 e. The van der Waals surface area contributed by atoms with Crippen molar-refractivity contribution in [2.75, 3.05) is 19.0 Å². The minimum absolute atomic E-state index is 0.0641. The lowest BCUT2D eigenvalue weighted by atomic mass is 9.92. The molecule has 0 aromatic heterocycles. The van der Waals surface area contributed by atoms with Crippen molar-refractivity contribution in [3.8, 4) is 0 Å². The average molecular weight is 311 g/mol. The van der Waals surface area contributed by atoms with Gasteiger partial charge >= 0.3 is 5.97 Å². The van der Waals surface area contributed by atoms with Gasteiger partial charge in [-0.2, -0.15) is 0 Å². The molecule has 1 heterocycles. The lowest BCUT2D eigenvalue weighted by molar-refractivity contribution is -0.120. The number of benzene rings is 1. The number of hydrogen-bond donors (Lipinski definition) is 2. The van der Waals surface area contributed by atoms with Gasteiger partial charge in [0.1, 0.15) is 0 Å². The second kappa shape index (κ2) is 6.91. The number of nitrogens with one attached hydrogen (secondary N) is 2. The molecule has 0 radical (unpaired) electrons. The second-order valence-electron chi connectivity index (χ2n) is 5.25. The molecule has 1 saturated heterocycles. The largest absolute Gasteiger partial charge is 0.465 e. The predicted molar refractivity (Wildman–Crippen MR) is 81.6 cm³/mol. The van der Waals surface area contributed by atoms with E-state index in [1.165, 1.54) is 7.11 Å². The molecule has 1 aromatic rings. The van der Waals surface area contributed by atoms with Crippen molar-refractivity contribution in [3.05, 3.63) is 28.8 Å². The number of esters is 1. The van der Waals surface area contributed by atoms with Crippen LogP contribution in [0.2, 0.25) is 5.02 Å². The Kier molecular flexibility index (Phi) is 5.20. The normalized spacial score (nSPS) is 21.7. The first-order valence-corrected chi connectivity index (χ1v) is 7.31. The lowest BCUT2D eigenvalue weighted by Gasteiger charge is -2.27. The Labute approximate surface area is 129 Å². The van der Waals surface area contributed by atoms with Gasteiger partial charge in [-0.1, -0.05) is 11.6 Å². The van der Waals surface area contributed by atoms with E-state index in [2.05, 4.69) is 17.6 Å². The molecular formula is C15H19ClN2O3. The number of rotatable bonds is 3. The first-order valence-electron chi connectivity index (χ1n) is 6.93. The highest BCUT2D eigenvalue weighted by molar-refractivity contribution is 6.31. The molecule has 2 atom stereocenters. The van der Waals surface area contributed by atoms with Gasteiger partial charge in [-0.25, -0.2) is 4.79 Å². The lowest BCUT2D eigenvalue weighted by Crippen LogP contribution is -2.40. The van der Waals surface area contributed by atoms with Gasteiger partial charge in [0.25, 0.3) is 0 Å². The van der Waals surface area contributed by atoms with Crippen LogP contribution in [0.15, 0.2) is 18.2 Å². The maximum Gasteiger partial charge on any atom is 0.339 e. The van der Waals surface area contributed by atoms with E-state index in [1.807, 2.05) is 0 Å². The monoisotopic (exact) mass is 310 g/mol. The standard InChI is InChI=1S/C15H19ClN2O3/c1-9-7-10(5-6-17-9)14(19)18-13-8-11(16)3-4-12(13)15(20)21-2/h3-4,8-10,17H,5-7H2,1-2H3,(H,18,19). The van der Waals surface area contributed by atoms with Crippen molar-refractivity contribution in [3.63, 3.8) is 0 Å². The molecule has 1 aliphatic rings. The fourth-order valence-corrected chi connectivity index (χ4v) is 2.68. The van der Waals surface area contributed by atoms with Crippen LogP contribution >= 0.6 is 11.6 Å². The molecule has 0 spiro atoms. The Morgan fingerprint density at radius 2 is 2.19 bits per heavy atom. The molecule has 6 heteroatoms. The van der Waals surface area contributed by atoms with Crippen LogP contribution in [0, 0.1) is 5.92 Å². The zero-order valence-corrected chi connectivity index (χ0v) is 12.9. The van der Waals surface area contributed by atoms with Gasteiger partial charge in [0.05, 0.1) is 18.4 Å². The summed E-state index contributed by atoms with van der Waals surface area (Å²) in [6.07, 6.45) is 1.56. The van der Waals surface area contributed by atoms with Gasteiger partial charge in [0, 0.05) is 17.0 Å². The summed E-state index contributed by atoms with van der Waals surface area (Å²) in [7, 11) is 1.30. The van der Waals surface area contributed by atoms with Gasteiger partial charge in [-0.15, -0.1) is 0 Å². The first-order chi connectivity index (χ1) is 10.0. The molecule has 1 aromatic carbocycles. The van der Waals surface area contributed by atoms with Crippen LogP contribution < -0.4 is 10.6 Å². The molecule has 2 unspecified atom stereocenters. The van der Waals surface area contributed by atoms with Crippen LogP contribution in [-0.4, -0.2) is 31.6 Å². The van der Waals surface area contributed by atoms with Gasteiger partial charge in [0.15, 0.2) is 0 Å². The fraction of sp³-hybridized carbons (Fsp3) is 0.467. The Morgan fingerprint density at radius 3 is 2.86 bits per heavy atom. The van der Waals surface area contributed by atoms with Crippen molar-refractivity contribution < 1.29 is 14.3 Å². The summed E-state index contributed by atoms with van der Waals surface area (Å²) >= 11 is 5.94. The van der Waals surface area contributed by atoms with Crippen LogP contribution in [0.5, 0.6) is 0 Å². The molecule has 114 valence electrons. The maximum atomic E-state index is 12.4. The topological polar surface area (TPSA) is 67.4 Å². The van der Waals surface area contributed by atoms with Gasteiger partial charge in [0.2, 0.25) is 5.91 Å². The van der Waals surface area contributed by atoms with Gasteiger partial charge in [-0.3, -0.25) is 4.79 Å². The molecule has 0 bridgehead atoms. The summed E-state index contributed by atoms with van der Waals surface area (Å²) in [4.78, 5) is 24.1. The highest BCUT2D eigenvalue weighted by Gasteiger charge is 2.25. The highest BCUT2D eigenvalue weighted by atomic mass is 35.5. The molecule has 5 nitrogen and oxygen atoms in total. The highest BCUT2D eigenvalue weighted by Crippen LogP contribution is 2.24. The van der Waals surface area contributed by atoms with E-state index < -0.39 is 5.97 Å². The summed E-state index contributed by atoms with van der Waals surface area (Å²) in [6.45, 7) is 2.87. The van der Waals surface area contributed by atoms with Crippen molar-refractivity contribution in [2.45, 2.75) is 25.8 Å². The van der Waals surface area contributed by atoms with Crippen LogP contribution in [-0.2, 0) is 9.53 Å².